The molecule has 3 nitrogen and oxygen atoms in total. The molecule has 1 saturated carbocycles. The third-order valence-corrected chi connectivity index (χ3v) is 5.66. The van der Waals surface area contributed by atoms with E-state index in [0.717, 1.165) is 5.56 Å². The number of esters is 1. The van der Waals surface area contributed by atoms with E-state index < -0.39 is 11.6 Å². The van der Waals surface area contributed by atoms with Crippen LogP contribution >= 0.6 is 12.2 Å². The van der Waals surface area contributed by atoms with E-state index in [4.69, 9.17) is 17.0 Å². The highest BCUT2D eigenvalue weighted by Gasteiger charge is 2.62. The van der Waals surface area contributed by atoms with E-state index >= 15 is 0 Å². The van der Waals surface area contributed by atoms with Crippen LogP contribution in [0.4, 0.5) is 4.39 Å². The molecule has 1 aliphatic heterocycles. The first-order valence-corrected chi connectivity index (χ1v) is 8.59. The van der Waals surface area contributed by atoms with Crippen molar-refractivity contribution in [3.8, 4) is 0 Å². The molecule has 2 fully saturated rings. The molecular formula is C18H22FNO2S. The molecule has 5 heteroatoms. The molecule has 0 spiro atoms. The minimum absolute atomic E-state index is 0.00458. The molecule has 0 radical (unpaired) electrons. The number of likely N-dealkylation sites (tertiary alicyclic amines) is 1. The molecule has 0 amide bonds. The van der Waals surface area contributed by atoms with Gasteiger partial charge in [-0.05, 0) is 32.3 Å². The van der Waals surface area contributed by atoms with E-state index in [9.17, 15) is 9.18 Å². The lowest BCUT2D eigenvalue weighted by atomic mass is 9.87. The van der Waals surface area contributed by atoms with Gasteiger partial charge < -0.3 is 9.64 Å². The Morgan fingerprint density at radius 3 is 2.65 bits per heavy atom. The van der Waals surface area contributed by atoms with Crippen molar-refractivity contribution in [1.82, 2.24) is 4.90 Å². The van der Waals surface area contributed by atoms with E-state index in [1.165, 1.54) is 0 Å². The molecular weight excluding hydrogens is 313 g/mol. The molecule has 1 unspecified atom stereocenters. The largest absolute Gasteiger partial charge is 0.466 e. The fraction of sp³-hybridized carbons (Fsp3) is 0.556. The molecule has 124 valence electrons. The fourth-order valence-electron chi connectivity index (χ4n) is 3.58. The number of alkyl halides is 1. The molecule has 1 saturated heterocycles. The van der Waals surface area contributed by atoms with Crippen LogP contribution in [0.2, 0.25) is 0 Å². The topological polar surface area (TPSA) is 29.5 Å². The highest BCUT2D eigenvalue weighted by Crippen LogP contribution is 2.57. The maximum Gasteiger partial charge on any atom is 0.312 e. The zero-order chi connectivity index (χ0) is 16.6. The van der Waals surface area contributed by atoms with Gasteiger partial charge in [0.25, 0.3) is 0 Å². The van der Waals surface area contributed by atoms with E-state index in [-0.39, 0.29) is 17.9 Å². The predicted octanol–water partition coefficient (Wildman–Crippen LogP) is 3.69. The summed E-state index contributed by atoms with van der Waals surface area (Å²) in [4.78, 5) is 14.5. The fourth-order valence-corrected chi connectivity index (χ4v) is 3.97. The lowest BCUT2D eigenvalue weighted by molar-refractivity contribution is -0.152. The summed E-state index contributed by atoms with van der Waals surface area (Å²) in [7, 11) is 0. The third-order valence-electron chi connectivity index (χ3n) is 5.20. The Kier molecular flexibility index (Phi) is 4.41. The van der Waals surface area contributed by atoms with Crippen molar-refractivity contribution < 1.29 is 13.9 Å². The number of halogens is 1. The Labute approximate surface area is 141 Å². The third kappa shape index (κ3) is 2.75. The number of nitrogens with zero attached hydrogens (tertiary/aromatic N) is 1. The minimum atomic E-state index is -1.25. The summed E-state index contributed by atoms with van der Waals surface area (Å²) in [6.45, 7) is 4.62. The van der Waals surface area contributed by atoms with E-state index in [1.807, 2.05) is 42.2 Å². The summed E-state index contributed by atoms with van der Waals surface area (Å²) in [6.07, 6.45) is 0.156. The van der Waals surface area contributed by atoms with Crippen LogP contribution in [0.5, 0.6) is 0 Å². The molecule has 1 heterocycles. The van der Waals surface area contributed by atoms with Gasteiger partial charge in [0.1, 0.15) is 4.99 Å². The predicted molar refractivity (Wildman–Crippen MR) is 90.8 cm³/mol. The van der Waals surface area contributed by atoms with Crippen LogP contribution in [0.15, 0.2) is 30.3 Å². The molecule has 1 aromatic rings. The van der Waals surface area contributed by atoms with Gasteiger partial charge in [-0.25, -0.2) is 4.39 Å². The lowest BCUT2D eigenvalue weighted by Crippen LogP contribution is -2.34. The molecule has 1 aromatic carbocycles. The second-order valence-electron chi connectivity index (χ2n) is 6.46. The average Bonchev–Trinajstić information content (AvgIpc) is 3.31. The van der Waals surface area contributed by atoms with Crippen LogP contribution in [0.25, 0.3) is 0 Å². The van der Waals surface area contributed by atoms with Crippen molar-refractivity contribution in [3.05, 3.63) is 35.9 Å². The molecule has 0 bridgehead atoms. The standard InChI is InChI=1S/C18H22FNO2S/c1-3-22-17(21)18(9-10-18)14-11-20(16(23)15(14)19)12(2)13-7-5-4-6-8-13/h4-8,12,14-15H,3,9-11H2,1-2H3/t12-,14?,15-/m0/s1. The molecule has 0 aromatic heterocycles. The number of carbonyl (C=O) groups is 1. The first kappa shape index (κ1) is 16.4. The van der Waals surface area contributed by atoms with Crippen LogP contribution < -0.4 is 0 Å². The number of hydrogen-bond donors (Lipinski definition) is 0. The SMILES string of the molecule is CCOC(=O)C1(C2CN([C@@H](C)c3ccccc3)C(=S)[C@H]2F)CC1. The summed E-state index contributed by atoms with van der Waals surface area (Å²) >= 11 is 5.36. The number of ether oxygens (including phenoxy) is 1. The molecule has 3 rings (SSSR count). The highest BCUT2D eigenvalue weighted by atomic mass is 32.1. The maximum atomic E-state index is 14.9. The van der Waals surface area contributed by atoms with Gasteiger partial charge in [0.2, 0.25) is 0 Å². The first-order chi connectivity index (χ1) is 11.0. The van der Waals surface area contributed by atoms with Gasteiger partial charge in [0, 0.05) is 12.5 Å². The minimum Gasteiger partial charge on any atom is -0.466 e. The van der Waals surface area contributed by atoms with Crippen LogP contribution in [0.3, 0.4) is 0 Å². The number of thiocarbonyl (C=S) groups is 1. The molecule has 23 heavy (non-hydrogen) atoms. The average molecular weight is 335 g/mol. The number of benzene rings is 1. The van der Waals surface area contributed by atoms with Gasteiger partial charge in [-0.2, -0.15) is 0 Å². The zero-order valence-electron chi connectivity index (χ0n) is 13.5. The van der Waals surface area contributed by atoms with Gasteiger partial charge in [-0.1, -0.05) is 42.5 Å². The van der Waals surface area contributed by atoms with Gasteiger partial charge in [-0.3, -0.25) is 4.79 Å². The molecule has 1 aliphatic carbocycles. The Morgan fingerprint density at radius 1 is 1.43 bits per heavy atom. The normalized spacial score (nSPS) is 26.9. The van der Waals surface area contributed by atoms with Crippen LogP contribution in [-0.4, -0.2) is 35.2 Å². The quantitative estimate of drug-likeness (QED) is 0.606. The summed E-state index contributed by atoms with van der Waals surface area (Å²) in [5.74, 6) is -0.648. The number of rotatable bonds is 5. The molecule has 0 N–H and O–H groups in total. The zero-order valence-corrected chi connectivity index (χ0v) is 14.3. The second-order valence-corrected chi connectivity index (χ2v) is 6.88. The van der Waals surface area contributed by atoms with Crippen molar-refractivity contribution in [2.24, 2.45) is 11.3 Å². The Bertz CT molecular complexity index is 602. The number of carbonyl (C=O) groups excluding carboxylic acids is 1. The van der Waals surface area contributed by atoms with Crippen molar-refractivity contribution in [1.29, 1.82) is 0 Å². The summed E-state index contributed by atoms with van der Waals surface area (Å²) in [6, 6.07) is 9.94. The smallest absolute Gasteiger partial charge is 0.312 e. The summed E-state index contributed by atoms with van der Waals surface area (Å²) in [5, 5.41) is 0. The van der Waals surface area contributed by atoms with Crippen molar-refractivity contribution in [2.45, 2.75) is 38.9 Å². The maximum absolute atomic E-state index is 14.9. The summed E-state index contributed by atoms with van der Waals surface area (Å²) < 4.78 is 20.0. The number of hydrogen-bond acceptors (Lipinski definition) is 3. The van der Waals surface area contributed by atoms with Crippen LogP contribution in [0, 0.1) is 11.3 Å². The molecule has 3 atom stereocenters. The Hall–Kier alpha value is -1.49. The van der Waals surface area contributed by atoms with Gasteiger partial charge >= 0.3 is 5.97 Å². The highest BCUT2D eigenvalue weighted by molar-refractivity contribution is 7.80. The van der Waals surface area contributed by atoms with Crippen LogP contribution in [0.1, 0.15) is 38.3 Å². The molecule has 2 aliphatic rings. The van der Waals surface area contributed by atoms with Gasteiger partial charge in [0.05, 0.1) is 18.1 Å². The van der Waals surface area contributed by atoms with Gasteiger partial charge in [-0.15, -0.1) is 0 Å². The van der Waals surface area contributed by atoms with Crippen molar-refractivity contribution in [3.63, 3.8) is 0 Å². The van der Waals surface area contributed by atoms with Gasteiger partial charge in [0.15, 0.2) is 6.17 Å². The first-order valence-electron chi connectivity index (χ1n) is 8.18. The van der Waals surface area contributed by atoms with Crippen LogP contribution in [-0.2, 0) is 9.53 Å². The van der Waals surface area contributed by atoms with E-state index in [1.54, 1.807) is 6.92 Å². The monoisotopic (exact) mass is 335 g/mol. The van der Waals surface area contributed by atoms with E-state index in [0.29, 0.717) is 31.0 Å². The Morgan fingerprint density at radius 2 is 2.09 bits per heavy atom. The van der Waals surface area contributed by atoms with Crippen molar-refractivity contribution in [2.75, 3.05) is 13.2 Å². The second kappa shape index (κ2) is 6.19. The summed E-state index contributed by atoms with van der Waals surface area (Å²) in [5.41, 5.74) is 0.439. The Balaban J connectivity index is 1.79. The van der Waals surface area contributed by atoms with Crippen molar-refractivity contribution >= 4 is 23.2 Å². The lowest BCUT2D eigenvalue weighted by Gasteiger charge is -2.27. The van der Waals surface area contributed by atoms with E-state index in [2.05, 4.69) is 0 Å².